The molecule has 6 heteroatoms. The highest BCUT2D eigenvalue weighted by molar-refractivity contribution is 5.86. The van der Waals surface area contributed by atoms with Crippen molar-refractivity contribution < 1.29 is 23.5 Å². The van der Waals surface area contributed by atoms with Crippen LogP contribution in [0, 0.1) is 0 Å². The lowest BCUT2D eigenvalue weighted by Crippen LogP contribution is -2.54. The van der Waals surface area contributed by atoms with Crippen LogP contribution in [-0.4, -0.2) is 17.6 Å². The van der Waals surface area contributed by atoms with E-state index < -0.39 is 11.6 Å². The third-order valence-electron chi connectivity index (χ3n) is 4.75. The molecule has 4 rings (SSSR count). The minimum absolute atomic E-state index is 0.220. The summed E-state index contributed by atoms with van der Waals surface area (Å²) in [5.41, 5.74) is 4.24. The second kappa shape index (κ2) is 7.05. The Labute approximate surface area is 163 Å². The molecule has 0 unspecified atom stereocenters. The fraction of sp³-hybridized carbons (Fsp3) is 0.227. The Morgan fingerprint density at radius 1 is 1.32 bits per heavy atom. The molecule has 0 spiro atoms. The molecule has 0 radical (unpaired) electrons. The lowest BCUT2D eigenvalue weighted by atomic mass is 9.88. The smallest absolute Gasteiger partial charge is 0.349 e. The van der Waals surface area contributed by atoms with Crippen molar-refractivity contribution in [1.82, 2.24) is 5.48 Å². The van der Waals surface area contributed by atoms with Crippen molar-refractivity contribution in [1.29, 1.82) is 0 Å². The number of carbonyl (C=O) groups excluding carboxylic acids is 1. The number of furan rings is 1. The second-order valence-electron chi connectivity index (χ2n) is 7.25. The van der Waals surface area contributed by atoms with Crippen molar-refractivity contribution in [2.75, 3.05) is 0 Å². The monoisotopic (exact) mass is 379 g/mol. The molecule has 0 saturated heterocycles. The van der Waals surface area contributed by atoms with E-state index in [-0.39, 0.29) is 6.04 Å². The van der Waals surface area contributed by atoms with Gasteiger partial charge >= 0.3 is 5.97 Å². The zero-order valence-electron chi connectivity index (χ0n) is 15.7. The standard InChI is InChI=1S/C22H21NO5/c1-14-6-7-15-11-16-12-20(22(2,3)27-19(16)13-18(15)26-14)23-28-21(24)9-8-17-5-4-10-25-17/h4-11,13,20,23H,1,12H2,2-3H3/b9-8+/t20-/m0/s1. The van der Waals surface area contributed by atoms with Crippen LogP contribution in [0.5, 0.6) is 11.5 Å². The molecule has 28 heavy (non-hydrogen) atoms. The largest absolute Gasteiger partial charge is 0.486 e. The lowest BCUT2D eigenvalue weighted by molar-refractivity contribution is -0.150. The molecule has 0 aliphatic carbocycles. The van der Waals surface area contributed by atoms with Crippen LogP contribution in [0.1, 0.15) is 30.7 Å². The van der Waals surface area contributed by atoms with Crippen molar-refractivity contribution in [3.05, 3.63) is 71.9 Å². The summed E-state index contributed by atoms with van der Waals surface area (Å²) in [6.45, 7) is 7.71. The quantitative estimate of drug-likeness (QED) is 0.639. The first-order chi connectivity index (χ1) is 13.4. The number of hydrogen-bond donors (Lipinski definition) is 1. The van der Waals surface area contributed by atoms with Gasteiger partial charge in [-0.05, 0) is 62.3 Å². The zero-order valence-corrected chi connectivity index (χ0v) is 15.7. The van der Waals surface area contributed by atoms with Crippen LogP contribution in [0.3, 0.4) is 0 Å². The molecule has 1 aromatic carbocycles. The van der Waals surface area contributed by atoms with Gasteiger partial charge in [0.1, 0.15) is 28.6 Å². The molecule has 0 bridgehead atoms. The number of nitrogens with one attached hydrogen (secondary N) is 1. The summed E-state index contributed by atoms with van der Waals surface area (Å²) >= 11 is 0. The number of allylic oxidation sites excluding steroid dienone is 1. The third-order valence-corrected chi connectivity index (χ3v) is 4.75. The molecule has 1 N–H and O–H groups in total. The van der Waals surface area contributed by atoms with Gasteiger partial charge in [-0.15, -0.1) is 5.48 Å². The first kappa shape index (κ1) is 18.1. The van der Waals surface area contributed by atoms with Gasteiger partial charge in [-0.1, -0.05) is 6.58 Å². The minimum Gasteiger partial charge on any atom is -0.486 e. The van der Waals surface area contributed by atoms with Crippen LogP contribution in [0.2, 0.25) is 0 Å². The fourth-order valence-electron chi connectivity index (χ4n) is 3.16. The number of ether oxygens (including phenoxy) is 2. The Bertz CT molecular complexity index is 969. The number of benzene rings is 1. The van der Waals surface area contributed by atoms with E-state index >= 15 is 0 Å². The van der Waals surface area contributed by atoms with Crippen LogP contribution in [0.15, 0.2) is 59.4 Å². The molecule has 6 nitrogen and oxygen atoms in total. The van der Waals surface area contributed by atoms with Crippen molar-refractivity contribution in [2.45, 2.75) is 31.9 Å². The van der Waals surface area contributed by atoms with Gasteiger partial charge in [0.15, 0.2) is 0 Å². The number of hydrogen-bond acceptors (Lipinski definition) is 6. The van der Waals surface area contributed by atoms with E-state index in [1.54, 1.807) is 18.2 Å². The number of carbonyl (C=O) groups is 1. The summed E-state index contributed by atoms with van der Waals surface area (Å²) in [7, 11) is 0. The maximum Gasteiger partial charge on any atom is 0.349 e. The van der Waals surface area contributed by atoms with Crippen molar-refractivity contribution >= 4 is 18.1 Å². The van der Waals surface area contributed by atoms with E-state index in [9.17, 15) is 4.79 Å². The van der Waals surface area contributed by atoms with Gasteiger partial charge in [-0.25, -0.2) is 4.79 Å². The minimum atomic E-state index is -0.590. The van der Waals surface area contributed by atoms with Gasteiger partial charge in [-0.3, -0.25) is 0 Å². The molecule has 144 valence electrons. The fourth-order valence-corrected chi connectivity index (χ4v) is 3.16. The summed E-state index contributed by atoms with van der Waals surface area (Å²) in [5.74, 6) is 2.14. The molecule has 3 heterocycles. The lowest BCUT2D eigenvalue weighted by Gasteiger charge is -2.40. The molecule has 0 amide bonds. The Kier molecular flexibility index (Phi) is 4.57. The van der Waals surface area contributed by atoms with Crippen molar-refractivity contribution in [3.63, 3.8) is 0 Å². The number of rotatable bonds is 4. The van der Waals surface area contributed by atoms with Crippen molar-refractivity contribution in [2.24, 2.45) is 0 Å². The molecular formula is C22H21NO5. The molecule has 1 aromatic heterocycles. The van der Waals surface area contributed by atoms with Gasteiger partial charge in [0.2, 0.25) is 0 Å². The first-order valence-electron chi connectivity index (χ1n) is 8.99. The van der Waals surface area contributed by atoms with Gasteiger partial charge < -0.3 is 18.7 Å². The Morgan fingerprint density at radius 2 is 2.18 bits per heavy atom. The van der Waals surface area contributed by atoms with Crippen LogP contribution in [0.25, 0.3) is 12.2 Å². The summed E-state index contributed by atoms with van der Waals surface area (Å²) in [4.78, 5) is 17.2. The topological polar surface area (TPSA) is 69.9 Å². The molecule has 2 aliphatic rings. The highest BCUT2D eigenvalue weighted by Gasteiger charge is 2.38. The molecule has 0 fully saturated rings. The van der Waals surface area contributed by atoms with Crippen LogP contribution in [-0.2, 0) is 16.1 Å². The van der Waals surface area contributed by atoms with Gasteiger partial charge in [0.05, 0.1) is 12.3 Å². The Hall–Kier alpha value is -3.25. The highest BCUT2D eigenvalue weighted by Crippen LogP contribution is 2.40. The summed E-state index contributed by atoms with van der Waals surface area (Å²) in [6, 6.07) is 7.19. The van der Waals surface area contributed by atoms with Gasteiger partial charge in [-0.2, -0.15) is 0 Å². The number of hydroxylamine groups is 1. The van der Waals surface area contributed by atoms with E-state index in [1.165, 1.54) is 12.3 Å². The summed E-state index contributed by atoms with van der Waals surface area (Å²) in [5, 5.41) is 0. The number of fused-ring (bicyclic) bond motifs is 2. The van der Waals surface area contributed by atoms with Crippen molar-refractivity contribution in [3.8, 4) is 11.5 Å². The normalized spacial score (nSPS) is 19.5. The van der Waals surface area contributed by atoms with Gasteiger partial charge in [0, 0.05) is 17.7 Å². The maximum absolute atomic E-state index is 12.0. The summed E-state index contributed by atoms with van der Waals surface area (Å²) in [6.07, 6.45) is 8.82. The molecule has 0 saturated carbocycles. The zero-order chi connectivity index (χ0) is 19.7. The van der Waals surface area contributed by atoms with Gasteiger partial charge in [0.25, 0.3) is 0 Å². The van der Waals surface area contributed by atoms with Crippen LogP contribution >= 0.6 is 0 Å². The average molecular weight is 379 g/mol. The van der Waals surface area contributed by atoms with E-state index in [2.05, 4.69) is 12.1 Å². The Balaban J connectivity index is 1.46. The molecular weight excluding hydrogens is 358 g/mol. The highest BCUT2D eigenvalue weighted by atomic mass is 16.7. The predicted octanol–water partition coefficient (Wildman–Crippen LogP) is 4.04. The maximum atomic E-state index is 12.0. The SMILES string of the molecule is C=C1C=Cc2cc3c(cc2O1)OC(C)(C)[C@@H](NOC(=O)/C=C/c1ccco1)C3. The van der Waals surface area contributed by atoms with E-state index in [4.69, 9.17) is 18.7 Å². The van der Waals surface area contributed by atoms with Crippen LogP contribution < -0.4 is 15.0 Å². The predicted molar refractivity (Wildman–Crippen MR) is 104 cm³/mol. The van der Waals surface area contributed by atoms with E-state index in [0.717, 1.165) is 22.6 Å². The third kappa shape index (κ3) is 3.73. The Morgan fingerprint density at radius 3 is 2.96 bits per heavy atom. The van der Waals surface area contributed by atoms with E-state index in [1.807, 2.05) is 38.1 Å². The van der Waals surface area contributed by atoms with Crippen LogP contribution in [0.4, 0.5) is 0 Å². The van der Waals surface area contributed by atoms with E-state index in [0.29, 0.717) is 17.9 Å². The molecule has 2 aliphatic heterocycles. The average Bonchev–Trinajstić information content (AvgIpc) is 3.16. The molecule has 1 atom stereocenters. The molecule has 2 aromatic rings. The second-order valence-corrected chi connectivity index (χ2v) is 7.25. The first-order valence-corrected chi connectivity index (χ1v) is 8.99. The summed E-state index contributed by atoms with van der Waals surface area (Å²) < 4.78 is 17.0.